The zero-order valence-corrected chi connectivity index (χ0v) is 12.5. The van der Waals surface area contributed by atoms with Gasteiger partial charge < -0.3 is 10.1 Å². The molecular formula is C15H20N4O2. The third-order valence-electron chi connectivity index (χ3n) is 3.40. The van der Waals surface area contributed by atoms with Crippen LogP contribution in [0, 0.1) is 0 Å². The lowest BCUT2D eigenvalue weighted by Crippen LogP contribution is -2.19. The number of aromatic nitrogens is 3. The maximum atomic E-state index is 12.3. The molecule has 2 aromatic rings. The molecule has 0 aromatic carbocycles. The summed E-state index contributed by atoms with van der Waals surface area (Å²) in [7, 11) is 1.55. The first kappa shape index (κ1) is 15.0. The lowest BCUT2D eigenvalue weighted by atomic mass is 10.2. The Morgan fingerprint density at radius 2 is 2.10 bits per heavy atom. The lowest BCUT2D eigenvalue weighted by Gasteiger charge is -2.16. The summed E-state index contributed by atoms with van der Waals surface area (Å²) in [5, 5.41) is 7.15. The summed E-state index contributed by atoms with van der Waals surface area (Å²) in [4.78, 5) is 16.3. The SMILES string of the molecule is CCC(CC)n1nccc1NC(=O)c1cc(OC)ccn1. The molecule has 6 nitrogen and oxygen atoms in total. The van der Waals surface area contributed by atoms with Gasteiger partial charge in [-0.2, -0.15) is 5.10 Å². The molecule has 0 aliphatic rings. The topological polar surface area (TPSA) is 69.0 Å². The van der Waals surface area contributed by atoms with E-state index < -0.39 is 0 Å². The van der Waals surface area contributed by atoms with Gasteiger partial charge in [0.1, 0.15) is 17.3 Å². The molecule has 0 radical (unpaired) electrons. The number of ether oxygens (including phenoxy) is 1. The van der Waals surface area contributed by atoms with Crippen LogP contribution in [0.25, 0.3) is 0 Å². The van der Waals surface area contributed by atoms with Gasteiger partial charge in [-0.15, -0.1) is 0 Å². The van der Waals surface area contributed by atoms with Crippen LogP contribution < -0.4 is 10.1 Å². The molecular weight excluding hydrogens is 268 g/mol. The van der Waals surface area contributed by atoms with E-state index in [1.807, 2.05) is 4.68 Å². The van der Waals surface area contributed by atoms with Crippen LogP contribution in [0.2, 0.25) is 0 Å². The van der Waals surface area contributed by atoms with Crippen molar-refractivity contribution in [1.29, 1.82) is 0 Å². The van der Waals surface area contributed by atoms with Crippen molar-refractivity contribution < 1.29 is 9.53 Å². The van der Waals surface area contributed by atoms with E-state index in [1.54, 1.807) is 37.7 Å². The highest BCUT2D eigenvalue weighted by atomic mass is 16.5. The smallest absolute Gasteiger partial charge is 0.275 e. The Bertz CT molecular complexity index is 605. The van der Waals surface area contributed by atoms with Gasteiger partial charge in [0.25, 0.3) is 5.91 Å². The minimum absolute atomic E-state index is 0.272. The first-order valence-corrected chi connectivity index (χ1v) is 7.04. The number of pyridine rings is 1. The minimum atomic E-state index is -0.276. The highest BCUT2D eigenvalue weighted by Crippen LogP contribution is 2.20. The highest BCUT2D eigenvalue weighted by molar-refractivity contribution is 6.02. The predicted octanol–water partition coefficient (Wildman–Crippen LogP) is 2.90. The fourth-order valence-electron chi connectivity index (χ4n) is 2.18. The van der Waals surface area contributed by atoms with Gasteiger partial charge in [0.15, 0.2) is 0 Å². The average molecular weight is 288 g/mol. The Hall–Kier alpha value is -2.37. The van der Waals surface area contributed by atoms with Crippen molar-refractivity contribution in [3.8, 4) is 5.75 Å². The van der Waals surface area contributed by atoms with Crippen LogP contribution in [0.5, 0.6) is 5.75 Å². The van der Waals surface area contributed by atoms with Gasteiger partial charge in [0.2, 0.25) is 0 Å². The number of rotatable bonds is 6. The van der Waals surface area contributed by atoms with Crippen molar-refractivity contribution in [1.82, 2.24) is 14.8 Å². The molecule has 0 fully saturated rings. The standard InChI is InChI=1S/C15H20N4O2/c1-4-11(5-2)19-14(7-9-17-19)18-15(20)13-10-12(21-3)6-8-16-13/h6-11H,4-5H2,1-3H3,(H,18,20). The average Bonchev–Trinajstić information content (AvgIpc) is 2.97. The van der Waals surface area contributed by atoms with Gasteiger partial charge in [-0.1, -0.05) is 13.8 Å². The fourth-order valence-corrected chi connectivity index (χ4v) is 2.18. The summed E-state index contributed by atoms with van der Waals surface area (Å²) in [6.45, 7) is 4.20. The Kier molecular flexibility index (Phi) is 4.92. The number of amides is 1. The van der Waals surface area contributed by atoms with Crippen LogP contribution in [0.1, 0.15) is 43.2 Å². The van der Waals surface area contributed by atoms with Gasteiger partial charge in [0.05, 0.1) is 19.3 Å². The van der Waals surface area contributed by atoms with Crippen LogP contribution in [0.4, 0.5) is 5.82 Å². The number of methoxy groups -OCH3 is 1. The molecule has 112 valence electrons. The largest absolute Gasteiger partial charge is 0.497 e. The van der Waals surface area contributed by atoms with Crippen LogP contribution in [0.15, 0.2) is 30.6 Å². The van der Waals surface area contributed by atoms with Crippen molar-refractivity contribution in [2.45, 2.75) is 32.7 Å². The first-order chi connectivity index (χ1) is 10.2. The molecule has 2 heterocycles. The maximum absolute atomic E-state index is 12.3. The van der Waals surface area contributed by atoms with E-state index in [2.05, 4.69) is 29.2 Å². The number of nitrogens with one attached hydrogen (secondary N) is 1. The van der Waals surface area contributed by atoms with E-state index in [4.69, 9.17) is 4.74 Å². The zero-order chi connectivity index (χ0) is 15.2. The van der Waals surface area contributed by atoms with Crippen molar-refractivity contribution in [2.24, 2.45) is 0 Å². The van der Waals surface area contributed by atoms with E-state index in [0.717, 1.165) is 12.8 Å². The summed E-state index contributed by atoms with van der Waals surface area (Å²) in [5.74, 6) is 1.00. The maximum Gasteiger partial charge on any atom is 0.275 e. The Labute approximate surface area is 124 Å². The summed E-state index contributed by atoms with van der Waals surface area (Å²) < 4.78 is 6.94. The lowest BCUT2D eigenvalue weighted by molar-refractivity contribution is 0.102. The molecule has 2 aromatic heterocycles. The van der Waals surface area contributed by atoms with E-state index in [1.165, 1.54) is 0 Å². The molecule has 0 aliphatic heterocycles. The van der Waals surface area contributed by atoms with Crippen molar-refractivity contribution in [2.75, 3.05) is 12.4 Å². The predicted molar refractivity (Wildman–Crippen MR) is 80.6 cm³/mol. The van der Waals surface area contributed by atoms with Gasteiger partial charge >= 0.3 is 0 Å². The number of carbonyl (C=O) groups is 1. The van der Waals surface area contributed by atoms with E-state index >= 15 is 0 Å². The molecule has 0 unspecified atom stereocenters. The molecule has 6 heteroatoms. The van der Waals surface area contributed by atoms with Gasteiger partial charge in [-0.3, -0.25) is 9.78 Å². The van der Waals surface area contributed by atoms with E-state index in [0.29, 0.717) is 17.3 Å². The molecule has 0 saturated heterocycles. The molecule has 0 spiro atoms. The number of hydrogen-bond donors (Lipinski definition) is 1. The Balaban J connectivity index is 2.18. The minimum Gasteiger partial charge on any atom is -0.497 e. The number of anilines is 1. The molecule has 1 N–H and O–H groups in total. The van der Waals surface area contributed by atoms with Gasteiger partial charge in [0, 0.05) is 18.3 Å². The van der Waals surface area contributed by atoms with Crippen LogP contribution in [-0.4, -0.2) is 27.8 Å². The third-order valence-corrected chi connectivity index (χ3v) is 3.40. The molecule has 0 bridgehead atoms. The second-order valence-electron chi connectivity index (χ2n) is 4.67. The zero-order valence-electron chi connectivity index (χ0n) is 12.5. The molecule has 0 aliphatic carbocycles. The number of nitrogens with zero attached hydrogens (tertiary/aromatic N) is 3. The monoisotopic (exact) mass is 288 g/mol. The quantitative estimate of drug-likeness (QED) is 0.887. The summed E-state index contributed by atoms with van der Waals surface area (Å²) in [5.41, 5.74) is 0.312. The van der Waals surface area contributed by atoms with E-state index in [-0.39, 0.29) is 11.9 Å². The summed E-state index contributed by atoms with van der Waals surface area (Å²) in [6, 6.07) is 5.36. The normalized spacial score (nSPS) is 10.7. The van der Waals surface area contributed by atoms with E-state index in [9.17, 15) is 4.79 Å². The molecule has 0 atom stereocenters. The summed E-state index contributed by atoms with van der Waals surface area (Å²) >= 11 is 0. The van der Waals surface area contributed by atoms with Crippen LogP contribution in [-0.2, 0) is 0 Å². The molecule has 1 amide bonds. The van der Waals surface area contributed by atoms with Gasteiger partial charge in [-0.25, -0.2) is 4.68 Å². The third kappa shape index (κ3) is 3.39. The van der Waals surface area contributed by atoms with Crippen molar-refractivity contribution in [3.05, 3.63) is 36.3 Å². The fraction of sp³-hybridized carbons (Fsp3) is 0.400. The first-order valence-electron chi connectivity index (χ1n) is 7.04. The number of hydrogen-bond acceptors (Lipinski definition) is 4. The van der Waals surface area contributed by atoms with Crippen molar-refractivity contribution >= 4 is 11.7 Å². The highest BCUT2D eigenvalue weighted by Gasteiger charge is 2.15. The second-order valence-corrected chi connectivity index (χ2v) is 4.67. The molecule has 21 heavy (non-hydrogen) atoms. The van der Waals surface area contributed by atoms with Crippen molar-refractivity contribution in [3.63, 3.8) is 0 Å². The second kappa shape index (κ2) is 6.88. The summed E-state index contributed by atoms with van der Waals surface area (Å²) in [6.07, 6.45) is 5.15. The Morgan fingerprint density at radius 1 is 1.33 bits per heavy atom. The number of carbonyl (C=O) groups excluding carboxylic acids is 1. The van der Waals surface area contributed by atoms with Crippen LogP contribution >= 0.6 is 0 Å². The molecule has 0 saturated carbocycles. The Morgan fingerprint density at radius 3 is 2.76 bits per heavy atom. The molecule has 2 rings (SSSR count). The van der Waals surface area contributed by atoms with Gasteiger partial charge in [-0.05, 0) is 18.9 Å². The van der Waals surface area contributed by atoms with Crippen LogP contribution in [0.3, 0.4) is 0 Å².